The second kappa shape index (κ2) is 8.88. The lowest BCUT2D eigenvalue weighted by molar-refractivity contribution is 0.192. The molecule has 4 heteroatoms. The van der Waals surface area contributed by atoms with E-state index in [2.05, 4.69) is 68.3 Å². The molecular formula is C20H31N3O. The lowest BCUT2D eigenvalue weighted by atomic mass is 9.97. The Bertz CT molecular complexity index is 636. The first-order valence-corrected chi connectivity index (χ1v) is 9.12. The van der Waals surface area contributed by atoms with Crippen molar-refractivity contribution in [1.29, 1.82) is 0 Å². The topological polar surface area (TPSA) is 49.9 Å². The Morgan fingerprint density at radius 3 is 2.58 bits per heavy atom. The monoisotopic (exact) mass is 329 g/mol. The first-order chi connectivity index (χ1) is 11.6. The number of benzene rings is 1. The minimum Gasteiger partial charge on any atom is -0.484 e. The van der Waals surface area contributed by atoms with Crippen LogP contribution in [0.2, 0.25) is 0 Å². The van der Waals surface area contributed by atoms with Crippen LogP contribution in [0.4, 0.5) is 0 Å². The molecule has 2 aromatic rings. The zero-order valence-corrected chi connectivity index (χ0v) is 15.6. The summed E-state index contributed by atoms with van der Waals surface area (Å²) in [6.07, 6.45) is 1.96. The number of ether oxygens (including phenoxy) is 1. The van der Waals surface area contributed by atoms with E-state index in [4.69, 9.17) is 4.74 Å². The van der Waals surface area contributed by atoms with Gasteiger partial charge in [-0.3, -0.25) is 5.10 Å². The summed E-state index contributed by atoms with van der Waals surface area (Å²) >= 11 is 0. The summed E-state index contributed by atoms with van der Waals surface area (Å²) in [5.41, 5.74) is 4.64. The molecule has 0 saturated carbocycles. The molecule has 2 atom stereocenters. The molecule has 1 aromatic carbocycles. The zero-order valence-electron chi connectivity index (χ0n) is 15.6. The van der Waals surface area contributed by atoms with Crippen LogP contribution < -0.4 is 10.1 Å². The van der Waals surface area contributed by atoms with Crippen LogP contribution >= 0.6 is 0 Å². The van der Waals surface area contributed by atoms with Gasteiger partial charge in [0, 0.05) is 17.8 Å². The molecule has 132 valence electrons. The number of nitrogens with zero attached hydrogens (tertiary/aromatic N) is 1. The third-order valence-corrected chi connectivity index (χ3v) is 4.66. The van der Waals surface area contributed by atoms with Crippen LogP contribution in [0.5, 0.6) is 5.75 Å². The molecule has 2 N–H and O–H groups in total. The van der Waals surface area contributed by atoms with E-state index in [0.29, 0.717) is 5.92 Å². The second-order valence-electron chi connectivity index (χ2n) is 6.35. The number of para-hydroxylation sites is 1. The van der Waals surface area contributed by atoms with E-state index >= 15 is 0 Å². The van der Waals surface area contributed by atoms with Gasteiger partial charge in [-0.15, -0.1) is 0 Å². The highest BCUT2D eigenvalue weighted by Crippen LogP contribution is 2.33. The van der Waals surface area contributed by atoms with E-state index < -0.39 is 0 Å². The quantitative estimate of drug-likeness (QED) is 0.690. The zero-order chi connectivity index (χ0) is 17.5. The second-order valence-corrected chi connectivity index (χ2v) is 6.35. The molecule has 0 bridgehead atoms. The first kappa shape index (κ1) is 18.5. The lowest BCUT2D eigenvalue weighted by Crippen LogP contribution is -2.16. The van der Waals surface area contributed by atoms with Crippen molar-refractivity contribution in [2.24, 2.45) is 0 Å². The van der Waals surface area contributed by atoms with Crippen LogP contribution in [0.25, 0.3) is 0 Å². The number of hydrogen-bond acceptors (Lipinski definition) is 3. The van der Waals surface area contributed by atoms with Crippen molar-refractivity contribution in [3.63, 3.8) is 0 Å². The van der Waals surface area contributed by atoms with Gasteiger partial charge in [0.05, 0.1) is 0 Å². The van der Waals surface area contributed by atoms with Gasteiger partial charge < -0.3 is 10.1 Å². The van der Waals surface area contributed by atoms with Gasteiger partial charge in [0.1, 0.15) is 17.5 Å². The molecule has 0 aliphatic rings. The normalized spacial score (nSPS) is 13.7. The molecule has 2 unspecified atom stereocenters. The molecular weight excluding hydrogens is 298 g/mol. The summed E-state index contributed by atoms with van der Waals surface area (Å²) in [4.78, 5) is 0. The molecule has 2 rings (SSSR count). The molecule has 0 fully saturated rings. The number of nitrogens with one attached hydrogen (secondary N) is 2. The van der Waals surface area contributed by atoms with Crippen LogP contribution in [0.3, 0.4) is 0 Å². The summed E-state index contributed by atoms with van der Waals surface area (Å²) in [5.74, 6) is 1.47. The molecule has 1 aromatic heterocycles. The van der Waals surface area contributed by atoms with Gasteiger partial charge >= 0.3 is 0 Å². The van der Waals surface area contributed by atoms with Gasteiger partial charge in [-0.2, -0.15) is 5.10 Å². The minimum atomic E-state index is -0.0335. The van der Waals surface area contributed by atoms with Crippen LogP contribution in [0.15, 0.2) is 24.3 Å². The van der Waals surface area contributed by atoms with Crippen molar-refractivity contribution in [3.05, 3.63) is 46.8 Å². The third-order valence-electron chi connectivity index (χ3n) is 4.66. The standard InChI is InChI=1S/C20H31N3O/c1-6-14(4)16-11-9-10-12-19(16)24-18(7-2)20-17(13-21-8-3)15(5)22-23-20/h9-12,14,18,21H,6-8,13H2,1-5H3,(H,22,23). The highest BCUT2D eigenvalue weighted by atomic mass is 16.5. The molecule has 24 heavy (non-hydrogen) atoms. The SMILES string of the molecule is CCNCc1c(C(CC)Oc2ccccc2C(C)CC)n[nH]c1C. The van der Waals surface area contributed by atoms with Gasteiger partial charge in [-0.05, 0) is 43.9 Å². The fourth-order valence-electron chi connectivity index (χ4n) is 2.91. The molecule has 0 aliphatic heterocycles. The average molecular weight is 329 g/mol. The molecule has 0 radical (unpaired) electrons. The van der Waals surface area contributed by atoms with Crippen LogP contribution in [0.1, 0.15) is 75.1 Å². The largest absolute Gasteiger partial charge is 0.484 e. The summed E-state index contributed by atoms with van der Waals surface area (Å²) < 4.78 is 6.43. The predicted octanol–water partition coefficient (Wildman–Crippen LogP) is 4.87. The maximum absolute atomic E-state index is 6.43. The lowest BCUT2D eigenvalue weighted by Gasteiger charge is -2.21. The van der Waals surface area contributed by atoms with Gasteiger partial charge in [-0.1, -0.05) is 45.9 Å². The highest BCUT2D eigenvalue weighted by Gasteiger charge is 2.22. The summed E-state index contributed by atoms with van der Waals surface area (Å²) in [6, 6.07) is 8.38. The molecule has 0 amide bonds. The molecule has 0 aliphatic carbocycles. The maximum Gasteiger partial charge on any atom is 0.142 e. The molecule has 0 spiro atoms. The smallest absolute Gasteiger partial charge is 0.142 e. The predicted molar refractivity (Wildman–Crippen MR) is 99.5 cm³/mol. The number of aryl methyl sites for hydroxylation is 1. The van der Waals surface area contributed by atoms with Crippen LogP contribution in [-0.2, 0) is 6.54 Å². The summed E-state index contributed by atoms with van der Waals surface area (Å²) in [6.45, 7) is 12.6. The van der Waals surface area contributed by atoms with Crippen molar-refractivity contribution in [1.82, 2.24) is 15.5 Å². The van der Waals surface area contributed by atoms with Crippen molar-refractivity contribution in [3.8, 4) is 5.75 Å². The van der Waals surface area contributed by atoms with Gasteiger partial charge in [0.25, 0.3) is 0 Å². The first-order valence-electron chi connectivity index (χ1n) is 9.12. The Kier molecular flexibility index (Phi) is 6.85. The fourth-order valence-corrected chi connectivity index (χ4v) is 2.91. The van der Waals surface area contributed by atoms with E-state index in [9.17, 15) is 0 Å². The van der Waals surface area contributed by atoms with E-state index in [-0.39, 0.29) is 6.10 Å². The van der Waals surface area contributed by atoms with Crippen LogP contribution in [0, 0.1) is 6.92 Å². The van der Waals surface area contributed by atoms with Crippen molar-refractivity contribution >= 4 is 0 Å². The van der Waals surface area contributed by atoms with E-state index in [1.54, 1.807) is 0 Å². The minimum absolute atomic E-state index is 0.0335. The average Bonchev–Trinajstić information content (AvgIpc) is 2.98. The molecule has 1 heterocycles. The van der Waals surface area contributed by atoms with Gasteiger partial charge in [0.15, 0.2) is 0 Å². The Morgan fingerprint density at radius 1 is 1.17 bits per heavy atom. The van der Waals surface area contributed by atoms with E-state index in [0.717, 1.165) is 43.1 Å². The number of H-pyrrole nitrogens is 1. The Morgan fingerprint density at radius 2 is 1.92 bits per heavy atom. The Balaban J connectivity index is 2.28. The summed E-state index contributed by atoms with van der Waals surface area (Å²) in [7, 11) is 0. The summed E-state index contributed by atoms with van der Waals surface area (Å²) in [5, 5.41) is 11.1. The number of aromatic amines is 1. The maximum atomic E-state index is 6.43. The Labute approximate surface area is 146 Å². The molecule has 0 saturated heterocycles. The van der Waals surface area contributed by atoms with Crippen molar-refractivity contribution < 1.29 is 4.74 Å². The van der Waals surface area contributed by atoms with Crippen molar-refractivity contribution in [2.45, 2.75) is 66.0 Å². The van der Waals surface area contributed by atoms with E-state index in [1.807, 2.05) is 6.07 Å². The fraction of sp³-hybridized carbons (Fsp3) is 0.550. The number of rotatable bonds is 9. The number of hydrogen-bond donors (Lipinski definition) is 2. The Hall–Kier alpha value is -1.81. The van der Waals surface area contributed by atoms with E-state index in [1.165, 1.54) is 11.1 Å². The highest BCUT2D eigenvalue weighted by molar-refractivity contribution is 5.37. The van der Waals surface area contributed by atoms with Crippen LogP contribution in [-0.4, -0.2) is 16.7 Å². The van der Waals surface area contributed by atoms with Gasteiger partial charge in [-0.25, -0.2) is 0 Å². The van der Waals surface area contributed by atoms with Gasteiger partial charge in [0.2, 0.25) is 0 Å². The molecule has 4 nitrogen and oxygen atoms in total. The third kappa shape index (κ3) is 4.18. The van der Waals surface area contributed by atoms with Crippen molar-refractivity contribution in [2.75, 3.05) is 6.54 Å². The number of aromatic nitrogens is 2.